The van der Waals surface area contributed by atoms with Crippen molar-refractivity contribution in [3.8, 4) is 0 Å². The minimum Gasteiger partial charge on any atom is -0.464 e. The molecule has 0 saturated heterocycles. The molecule has 2 saturated carbocycles. The quantitative estimate of drug-likeness (QED) is 0.318. The third-order valence-corrected chi connectivity index (χ3v) is 11.8. The fraction of sp³-hybridized carbons (Fsp3) is 0.806. The van der Waals surface area contributed by atoms with Crippen molar-refractivity contribution in [2.75, 3.05) is 6.61 Å². The Morgan fingerprint density at radius 2 is 1.86 bits per heavy atom. The van der Waals surface area contributed by atoms with E-state index in [1.54, 1.807) is 0 Å². The van der Waals surface area contributed by atoms with Crippen LogP contribution in [0, 0.1) is 39.4 Å². The van der Waals surface area contributed by atoms with E-state index in [1.807, 2.05) is 6.92 Å². The summed E-state index contributed by atoms with van der Waals surface area (Å²) in [6.07, 6.45) is 11.2. The van der Waals surface area contributed by atoms with Gasteiger partial charge in [-0.1, -0.05) is 58.8 Å². The predicted octanol–water partition coefficient (Wildman–Crippen LogP) is 6.81. The molecule has 0 amide bonds. The number of ether oxygens (including phenoxy) is 1. The number of carbonyl (C=O) groups excluding carboxylic acids is 2. The number of aliphatic hydroxyl groups excluding tert-OH is 1. The number of aliphatic hydroxyl groups is 1. The average molecular weight is 485 g/mol. The van der Waals surface area contributed by atoms with Crippen LogP contribution >= 0.6 is 0 Å². The lowest BCUT2D eigenvalue weighted by atomic mass is 9.43. The Morgan fingerprint density at radius 3 is 2.51 bits per heavy atom. The number of rotatable bonds is 7. The van der Waals surface area contributed by atoms with E-state index in [-0.39, 0.29) is 40.3 Å². The van der Waals surface area contributed by atoms with Gasteiger partial charge >= 0.3 is 0 Å². The van der Waals surface area contributed by atoms with Crippen molar-refractivity contribution < 1.29 is 19.4 Å². The summed E-state index contributed by atoms with van der Waals surface area (Å²) >= 11 is 0. The zero-order valence-corrected chi connectivity index (χ0v) is 23.2. The molecule has 7 unspecified atom stereocenters. The topological polar surface area (TPSA) is 63.6 Å². The molecule has 4 aliphatic carbocycles. The molecule has 4 nitrogen and oxygen atoms in total. The van der Waals surface area contributed by atoms with E-state index in [2.05, 4.69) is 47.6 Å². The highest BCUT2D eigenvalue weighted by molar-refractivity contribution is 5.99. The van der Waals surface area contributed by atoms with Crippen molar-refractivity contribution in [2.45, 2.75) is 112 Å². The van der Waals surface area contributed by atoms with Crippen molar-refractivity contribution in [3.63, 3.8) is 0 Å². The van der Waals surface area contributed by atoms with E-state index < -0.39 is 0 Å². The second-order valence-corrected chi connectivity index (χ2v) is 13.7. The Morgan fingerprint density at radius 1 is 1.14 bits per heavy atom. The van der Waals surface area contributed by atoms with Crippen LogP contribution in [-0.4, -0.2) is 30.1 Å². The SMILES string of the molecule is CC(=CCCC(C)C1CCC2(C)C3=C(CCC12C)C1(C)CCC(OC=O)C(C)(C)C1CC3=O)CO. The number of ketones is 1. The third-order valence-electron chi connectivity index (χ3n) is 11.8. The molecule has 4 heteroatoms. The van der Waals surface area contributed by atoms with E-state index in [0.717, 1.165) is 50.5 Å². The number of hydrogen-bond acceptors (Lipinski definition) is 4. The first kappa shape index (κ1) is 26.6. The molecule has 1 N–H and O–H groups in total. The molecule has 0 heterocycles. The normalized spacial score (nSPS) is 41.7. The summed E-state index contributed by atoms with van der Waals surface area (Å²) in [5, 5.41) is 9.32. The van der Waals surface area contributed by atoms with Gasteiger partial charge in [0.1, 0.15) is 6.10 Å². The molecule has 7 atom stereocenters. The summed E-state index contributed by atoms with van der Waals surface area (Å²) in [5.41, 5.74) is 3.59. The van der Waals surface area contributed by atoms with Crippen LogP contribution < -0.4 is 0 Å². The van der Waals surface area contributed by atoms with Gasteiger partial charge in [0.2, 0.25) is 0 Å². The van der Waals surface area contributed by atoms with Gasteiger partial charge < -0.3 is 9.84 Å². The van der Waals surface area contributed by atoms with Gasteiger partial charge in [0, 0.05) is 22.8 Å². The smallest absolute Gasteiger partial charge is 0.293 e. The highest BCUT2D eigenvalue weighted by atomic mass is 16.5. The second kappa shape index (κ2) is 9.15. The number of carbonyl (C=O) groups is 2. The van der Waals surface area contributed by atoms with Crippen LogP contribution in [-0.2, 0) is 14.3 Å². The van der Waals surface area contributed by atoms with Crippen LogP contribution in [0.5, 0.6) is 0 Å². The Bertz CT molecular complexity index is 928. The summed E-state index contributed by atoms with van der Waals surface area (Å²) in [4.78, 5) is 25.2. The lowest BCUT2D eigenvalue weighted by Gasteiger charge is -2.61. The summed E-state index contributed by atoms with van der Waals surface area (Å²) in [5.74, 6) is 1.80. The van der Waals surface area contributed by atoms with Crippen molar-refractivity contribution >= 4 is 12.3 Å². The third kappa shape index (κ3) is 3.88. The Hall–Kier alpha value is -1.42. The van der Waals surface area contributed by atoms with Gasteiger partial charge in [-0.3, -0.25) is 9.59 Å². The van der Waals surface area contributed by atoms with E-state index in [1.165, 1.54) is 17.6 Å². The van der Waals surface area contributed by atoms with Gasteiger partial charge in [0.15, 0.2) is 5.78 Å². The van der Waals surface area contributed by atoms with Crippen LogP contribution in [0.15, 0.2) is 22.8 Å². The van der Waals surface area contributed by atoms with Crippen LogP contribution in [0.2, 0.25) is 0 Å². The fourth-order valence-corrected chi connectivity index (χ4v) is 9.46. The number of hydrogen-bond donors (Lipinski definition) is 1. The maximum absolute atomic E-state index is 14.0. The molecule has 196 valence electrons. The first-order chi connectivity index (χ1) is 16.4. The van der Waals surface area contributed by atoms with Crippen molar-refractivity contribution in [1.29, 1.82) is 0 Å². The predicted molar refractivity (Wildman–Crippen MR) is 140 cm³/mol. The summed E-state index contributed by atoms with van der Waals surface area (Å²) in [7, 11) is 0. The average Bonchev–Trinajstić information content (AvgIpc) is 3.08. The zero-order chi connectivity index (χ0) is 25.8. The van der Waals surface area contributed by atoms with Crippen molar-refractivity contribution in [2.24, 2.45) is 39.4 Å². The van der Waals surface area contributed by atoms with Gasteiger partial charge in [-0.2, -0.15) is 0 Å². The number of allylic oxidation sites excluding steroid dienone is 3. The standard InChI is InChI=1S/C31H48O4/c1-20(18-32)9-8-10-21(2)22-11-16-31(7)27-23(12-15-30(22,31)6)29(5)14-13-26(35-19-33)28(3,4)25(29)17-24(27)34/h9,19,21-22,25-26,32H,8,10-18H2,1-7H3. The molecule has 0 aromatic rings. The second-order valence-electron chi connectivity index (χ2n) is 13.7. The fourth-order valence-electron chi connectivity index (χ4n) is 9.46. The summed E-state index contributed by atoms with van der Waals surface area (Å²) < 4.78 is 5.54. The minimum atomic E-state index is -0.212. The Balaban J connectivity index is 1.66. The van der Waals surface area contributed by atoms with Gasteiger partial charge in [-0.15, -0.1) is 0 Å². The van der Waals surface area contributed by atoms with E-state index >= 15 is 0 Å². The number of Topliss-reactive ketones (excluding diaryl/α,β-unsaturated/α-hetero) is 1. The van der Waals surface area contributed by atoms with E-state index in [0.29, 0.717) is 30.5 Å². The molecule has 0 bridgehead atoms. The highest BCUT2D eigenvalue weighted by Crippen LogP contribution is 2.72. The van der Waals surface area contributed by atoms with Crippen LogP contribution in [0.4, 0.5) is 0 Å². The van der Waals surface area contributed by atoms with Gasteiger partial charge in [0.05, 0.1) is 6.61 Å². The van der Waals surface area contributed by atoms with Gasteiger partial charge in [0.25, 0.3) is 6.47 Å². The van der Waals surface area contributed by atoms with Crippen molar-refractivity contribution in [1.82, 2.24) is 0 Å². The largest absolute Gasteiger partial charge is 0.464 e. The Kier molecular flexibility index (Phi) is 6.97. The first-order valence-electron chi connectivity index (χ1n) is 14.0. The van der Waals surface area contributed by atoms with Gasteiger partial charge in [-0.25, -0.2) is 0 Å². The first-order valence-corrected chi connectivity index (χ1v) is 14.0. The van der Waals surface area contributed by atoms with Crippen molar-refractivity contribution in [3.05, 3.63) is 22.8 Å². The van der Waals surface area contributed by atoms with Crippen LogP contribution in [0.3, 0.4) is 0 Å². The molecule has 4 aliphatic rings. The Labute approximate surface area is 213 Å². The highest BCUT2D eigenvalue weighted by Gasteiger charge is 2.65. The summed E-state index contributed by atoms with van der Waals surface area (Å²) in [6.45, 7) is 16.9. The molecule has 0 aromatic heterocycles. The zero-order valence-electron chi connectivity index (χ0n) is 23.2. The molecule has 0 aromatic carbocycles. The minimum absolute atomic E-state index is 0.0101. The molecule has 0 radical (unpaired) electrons. The van der Waals surface area contributed by atoms with Crippen LogP contribution in [0.1, 0.15) is 106 Å². The molecular formula is C31H48O4. The van der Waals surface area contributed by atoms with Gasteiger partial charge in [-0.05, 0) is 86.9 Å². The molecule has 4 rings (SSSR count). The van der Waals surface area contributed by atoms with E-state index in [4.69, 9.17) is 4.74 Å². The molecule has 0 aliphatic heterocycles. The summed E-state index contributed by atoms with van der Waals surface area (Å²) in [6, 6.07) is 0. The molecular weight excluding hydrogens is 436 g/mol. The maximum atomic E-state index is 14.0. The molecule has 0 spiro atoms. The number of fused-ring (bicyclic) bond motifs is 4. The van der Waals surface area contributed by atoms with Crippen LogP contribution in [0.25, 0.3) is 0 Å². The lowest BCUT2D eigenvalue weighted by molar-refractivity contribution is -0.157. The maximum Gasteiger partial charge on any atom is 0.293 e. The molecule has 35 heavy (non-hydrogen) atoms. The van der Waals surface area contributed by atoms with E-state index in [9.17, 15) is 14.7 Å². The monoisotopic (exact) mass is 484 g/mol. The molecule has 2 fully saturated rings. The lowest BCUT2D eigenvalue weighted by Crippen LogP contribution is -2.57.